The molecule has 1 aromatic heterocycles. The number of sulfone groups is 1. The van der Waals surface area contributed by atoms with Crippen LogP contribution < -0.4 is 10.6 Å². The molecular formula is C15H25N3O3S. The number of hydrogen-bond acceptors (Lipinski definition) is 3. The van der Waals surface area contributed by atoms with Gasteiger partial charge in [0.15, 0.2) is 9.84 Å². The largest absolute Gasteiger partial charge is 0.354 e. The maximum absolute atomic E-state index is 11.8. The Balaban J connectivity index is 1.65. The molecule has 6 nitrogen and oxygen atoms in total. The lowest BCUT2D eigenvalue weighted by Crippen LogP contribution is -2.42. The number of amides is 2. The number of rotatable bonds is 6. The van der Waals surface area contributed by atoms with Crippen LogP contribution in [-0.4, -0.2) is 43.1 Å². The highest BCUT2D eigenvalue weighted by molar-refractivity contribution is 7.91. The van der Waals surface area contributed by atoms with Crippen molar-refractivity contribution in [3.63, 3.8) is 0 Å². The third-order valence-electron chi connectivity index (χ3n) is 4.14. The Morgan fingerprint density at radius 1 is 1.50 bits per heavy atom. The fraction of sp³-hybridized carbons (Fsp3) is 0.667. The number of carbonyl (C=O) groups is 1. The Bertz CT molecular complexity index is 609. The predicted octanol–water partition coefficient (Wildman–Crippen LogP) is 1.08. The van der Waals surface area contributed by atoms with Crippen LogP contribution in [0.25, 0.3) is 0 Å². The van der Waals surface area contributed by atoms with Crippen LogP contribution in [0.5, 0.6) is 0 Å². The normalized spacial score (nSPS) is 21.5. The van der Waals surface area contributed by atoms with Crippen LogP contribution in [0, 0.1) is 5.92 Å². The smallest absolute Gasteiger partial charge is 0.315 e. The number of carbonyl (C=O) groups excluding carboxylic acids is 1. The molecule has 0 radical (unpaired) electrons. The van der Waals surface area contributed by atoms with Gasteiger partial charge in [-0.05, 0) is 44.2 Å². The summed E-state index contributed by atoms with van der Waals surface area (Å²) in [6.45, 7) is 2.40. The maximum atomic E-state index is 11.8. The summed E-state index contributed by atoms with van der Waals surface area (Å²) in [6, 6.07) is 3.94. The summed E-state index contributed by atoms with van der Waals surface area (Å²) in [7, 11) is -0.869. The summed E-state index contributed by atoms with van der Waals surface area (Å²) < 4.78 is 24.8. The van der Waals surface area contributed by atoms with E-state index in [0.29, 0.717) is 13.0 Å². The lowest BCUT2D eigenvalue weighted by molar-refractivity contribution is 0.235. The Morgan fingerprint density at radius 2 is 2.27 bits per heavy atom. The summed E-state index contributed by atoms with van der Waals surface area (Å²) in [5, 5.41) is 5.68. The monoisotopic (exact) mass is 327 g/mol. The molecular weight excluding hydrogens is 302 g/mol. The Labute approximate surface area is 132 Å². The molecule has 2 unspecified atom stereocenters. The van der Waals surface area contributed by atoms with Gasteiger partial charge < -0.3 is 15.2 Å². The quantitative estimate of drug-likeness (QED) is 0.820. The van der Waals surface area contributed by atoms with E-state index in [0.717, 1.165) is 12.8 Å². The van der Waals surface area contributed by atoms with Crippen LogP contribution in [0.4, 0.5) is 4.79 Å². The van der Waals surface area contributed by atoms with Gasteiger partial charge in [0, 0.05) is 31.5 Å². The first-order chi connectivity index (χ1) is 10.4. The standard InChI is InChI=1S/C15H25N3O3S/c1-12(5-6-14-4-3-8-18(14)2)17-15(19)16-10-13-7-9-22(20,21)11-13/h3-4,8,12-13H,5-7,9-11H2,1-2H3,(H2,16,17,19). The van der Waals surface area contributed by atoms with E-state index in [1.807, 2.05) is 26.2 Å². The van der Waals surface area contributed by atoms with Crippen molar-refractivity contribution < 1.29 is 13.2 Å². The molecule has 1 aromatic rings. The van der Waals surface area contributed by atoms with Gasteiger partial charge in [-0.15, -0.1) is 0 Å². The third-order valence-corrected chi connectivity index (χ3v) is 5.98. The molecule has 0 aromatic carbocycles. The highest BCUT2D eigenvalue weighted by Gasteiger charge is 2.27. The number of aromatic nitrogens is 1. The second kappa shape index (κ2) is 7.17. The zero-order valence-corrected chi connectivity index (χ0v) is 14.0. The van der Waals surface area contributed by atoms with E-state index in [-0.39, 0.29) is 29.5 Å². The second-order valence-electron chi connectivity index (χ2n) is 6.17. The molecule has 0 aliphatic carbocycles. The first kappa shape index (κ1) is 16.9. The first-order valence-electron chi connectivity index (χ1n) is 7.71. The van der Waals surface area contributed by atoms with Crippen LogP contribution in [0.2, 0.25) is 0 Å². The molecule has 2 atom stereocenters. The topological polar surface area (TPSA) is 80.2 Å². The fourth-order valence-corrected chi connectivity index (χ4v) is 4.60. The molecule has 1 aliphatic rings. The number of nitrogens with zero attached hydrogens (tertiary/aromatic N) is 1. The van der Waals surface area contributed by atoms with Crippen molar-refractivity contribution in [2.24, 2.45) is 13.0 Å². The van der Waals surface area contributed by atoms with Crippen molar-refractivity contribution in [1.82, 2.24) is 15.2 Å². The zero-order chi connectivity index (χ0) is 16.2. The second-order valence-corrected chi connectivity index (χ2v) is 8.40. The van der Waals surface area contributed by atoms with Gasteiger partial charge >= 0.3 is 6.03 Å². The molecule has 2 rings (SSSR count). The van der Waals surface area contributed by atoms with Crippen molar-refractivity contribution in [2.45, 2.75) is 32.2 Å². The molecule has 2 N–H and O–H groups in total. The predicted molar refractivity (Wildman–Crippen MR) is 86.5 cm³/mol. The van der Waals surface area contributed by atoms with Gasteiger partial charge in [0.1, 0.15) is 0 Å². The SMILES string of the molecule is CC(CCc1cccn1C)NC(=O)NCC1CCS(=O)(=O)C1. The minimum Gasteiger partial charge on any atom is -0.354 e. The Kier molecular flexibility index (Phi) is 5.50. The minimum atomic E-state index is -2.88. The number of urea groups is 1. The zero-order valence-electron chi connectivity index (χ0n) is 13.2. The first-order valence-corrected chi connectivity index (χ1v) is 9.53. The number of nitrogens with one attached hydrogen (secondary N) is 2. The molecule has 124 valence electrons. The fourth-order valence-electron chi connectivity index (χ4n) is 2.74. The van der Waals surface area contributed by atoms with Crippen LogP contribution in [-0.2, 0) is 23.3 Å². The summed E-state index contributed by atoms with van der Waals surface area (Å²) in [6.07, 6.45) is 4.43. The van der Waals surface area contributed by atoms with Crippen molar-refractivity contribution in [3.8, 4) is 0 Å². The molecule has 1 saturated heterocycles. The molecule has 2 amide bonds. The number of hydrogen-bond donors (Lipinski definition) is 2. The molecule has 22 heavy (non-hydrogen) atoms. The van der Waals surface area contributed by atoms with E-state index in [9.17, 15) is 13.2 Å². The van der Waals surface area contributed by atoms with Crippen molar-refractivity contribution in [3.05, 3.63) is 24.0 Å². The van der Waals surface area contributed by atoms with Gasteiger partial charge in [0.05, 0.1) is 11.5 Å². The molecule has 0 spiro atoms. The molecule has 0 bridgehead atoms. The van der Waals surface area contributed by atoms with E-state index in [1.165, 1.54) is 5.69 Å². The van der Waals surface area contributed by atoms with Gasteiger partial charge in [-0.25, -0.2) is 13.2 Å². The lowest BCUT2D eigenvalue weighted by atomic mass is 10.1. The summed E-state index contributed by atoms with van der Waals surface area (Å²) in [5.74, 6) is 0.485. The highest BCUT2D eigenvalue weighted by atomic mass is 32.2. The average molecular weight is 327 g/mol. The molecule has 7 heteroatoms. The van der Waals surface area contributed by atoms with Gasteiger partial charge in [-0.2, -0.15) is 0 Å². The summed E-state index contributed by atoms with van der Waals surface area (Å²) in [5.41, 5.74) is 1.24. The van der Waals surface area contributed by atoms with E-state index in [2.05, 4.69) is 21.3 Å². The van der Waals surface area contributed by atoms with Crippen molar-refractivity contribution in [1.29, 1.82) is 0 Å². The van der Waals surface area contributed by atoms with Gasteiger partial charge in [0.25, 0.3) is 0 Å². The van der Waals surface area contributed by atoms with E-state index >= 15 is 0 Å². The third kappa shape index (κ3) is 5.05. The van der Waals surface area contributed by atoms with E-state index in [4.69, 9.17) is 0 Å². The van der Waals surface area contributed by atoms with Gasteiger partial charge in [0.2, 0.25) is 0 Å². The van der Waals surface area contributed by atoms with Crippen LogP contribution in [0.3, 0.4) is 0 Å². The van der Waals surface area contributed by atoms with E-state index in [1.54, 1.807) is 0 Å². The van der Waals surface area contributed by atoms with Gasteiger partial charge in [-0.1, -0.05) is 0 Å². The summed E-state index contributed by atoms with van der Waals surface area (Å²) >= 11 is 0. The number of aryl methyl sites for hydroxylation is 2. The van der Waals surface area contributed by atoms with Crippen LogP contribution >= 0.6 is 0 Å². The molecule has 2 heterocycles. The van der Waals surface area contributed by atoms with Crippen molar-refractivity contribution >= 4 is 15.9 Å². The van der Waals surface area contributed by atoms with E-state index < -0.39 is 9.84 Å². The highest BCUT2D eigenvalue weighted by Crippen LogP contribution is 2.17. The minimum absolute atomic E-state index is 0.0504. The van der Waals surface area contributed by atoms with Crippen molar-refractivity contribution in [2.75, 3.05) is 18.1 Å². The molecule has 1 fully saturated rings. The maximum Gasteiger partial charge on any atom is 0.315 e. The van der Waals surface area contributed by atoms with Crippen LogP contribution in [0.15, 0.2) is 18.3 Å². The van der Waals surface area contributed by atoms with Crippen LogP contribution in [0.1, 0.15) is 25.5 Å². The summed E-state index contributed by atoms with van der Waals surface area (Å²) in [4.78, 5) is 11.8. The Hall–Kier alpha value is -1.50. The van der Waals surface area contributed by atoms with Gasteiger partial charge in [-0.3, -0.25) is 0 Å². The Morgan fingerprint density at radius 3 is 2.86 bits per heavy atom. The molecule has 1 aliphatic heterocycles. The molecule has 0 saturated carbocycles. The average Bonchev–Trinajstić information content (AvgIpc) is 3.00. The lowest BCUT2D eigenvalue weighted by Gasteiger charge is -2.16.